The summed E-state index contributed by atoms with van der Waals surface area (Å²) in [7, 11) is 0. The number of carbonyl (C=O) groups is 1. The minimum atomic E-state index is -0.291. The summed E-state index contributed by atoms with van der Waals surface area (Å²) >= 11 is 10.9. The predicted octanol–water partition coefficient (Wildman–Crippen LogP) is 2.93. The normalized spacial score (nSPS) is 10.1. The van der Waals surface area contributed by atoms with Gasteiger partial charge in [-0.25, -0.2) is 0 Å². The van der Waals surface area contributed by atoms with Crippen LogP contribution in [0, 0.1) is 6.92 Å². The summed E-state index contributed by atoms with van der Waals surface area (Å²) in [5.41, 5.74) is 8.04. The van der Waals surface area contributed by atoms with Gasteiger partial charge in [-0.05, 0) is 36.8 Å². The molecule has 0 aliphatic carbocycles. The van der Waals surface area contributed by atoms with E-state index in [2.05, 4.69) is 10.3 Å². The first kappa shape index (κ1) is 14.4. The maximum atomic E-state index is 12.2. The molecule has 0 saturated carbocycles. The fourth-order valence-corrected chi connectivity index (χ4v) is 2.06. The Kier molecular flexibility index (Phi) is 4.32. The maximum absolute atomic E-state index is 12.2. The molecule has 20 heavy (non-hydrogen) atoms. The van der Waals surface area contributed by atoms with Crippen LogP contribution in [0.4, 0.5) is 5.69 Å². The first-order chi connectivity index (χ1) is 9.47. The molecule has 0 aliphatic heterocycles. The Labute approximate surface area is 127 Å². The lowest BCUT2D eigenvalue weighted by atomic mass is 10.1. The molecule has 0 aliphatic rings. The van der Waals surface area contributed by atoms with Gasteiger partial charge in [-0.15, -0.1) is 0 Å². The van der Waals surface area contributed by atoms with E-state index in [9.17, 15) is 4.79 Å². The highest BCUT2D eigenvalue weighted by Crippen LogP contribution is 2.21. The van der Waals surface area contributed by atoms with Crippen LogP contribution in [0.25, 0.3) is 0 Å². The maximum Gasteiger partial charge on any atom is 0.257 e. The largest absolute Gasteiger partial charge is 0.389 e. The number of anilines is 1. The Hall–Kier alpha value is -1.98. The molecule has 1 heterocycles. The minimum Gasteiger partial charge on any atom is -0.389 e. The van der Waals surface area contributed by atoms with Crippen molar-refractivity contribution in [2.24, 2.45) is 5.73 Å². The third kappa shape index (κ3) is 3.31. The van der Waals surface area contributed by atoms with Gasteiger partial charge in [0.2, 0.25) is 0 Å². The second kappa shape index (κ2) is 5.98. The predicted molar refractivity (Wildman–Crippen MR) is 84.3 cm³/mol. The molecule has 4 nitrogen and oxygen atoms in total. The molecule has 6 heteroatoms. The topological polar surface area (TPSA) is 68.0 Å². The number of amides is 1. The highest BCUT2D eigenvalue weighted by atomic mass is 35.5. The van der Waals surface area contributed by atoms with E-state index >= 15 is 0 Å². The summed E-state index contributed by atoms with van der Waals surface area (Å²) in [5, 5.41) is 3.23. The van der Waals surface area contributed by atoms with E-state index in [1.54, 1.807) is 30.5 Å². The molecule has 1 aromatic carbocycles. The van der Waals surface area contributed by atoms with Crippen LogP contribution < -0.4 is 11.1 Å². The van der Waals surface area contributed by atoms with Gasteiger partial charge in [0.15, 0.2) is 0 Å². The first-order valence-corrected chi connectivity index (χ1v) is 6.58. The Morgan fingerprint density at radius 2 is 2.10 bits per heavy atom. The van der Waals surface area contributed by atoms with Gasteiger partial charge in [0.05, 0.1) is 11.3 Å². The van der Waals surface area contributed by atoms with Crippen LogP contribution in [0.3, 0.4) is 0 Å². The number of nitrogens with zero attached hydrogens (tertiary/aromatic N) is 1. The first-order valence-electron chi connectivity index (χ1n) is 5.80. The molecule has 0 saturated heterocycles. The Balaban J connectivity index is 2.32. The number of nitrogens with one attached hydrogen (secondary N) is 1. The average molecular weight is 306 g/mol. The molecule has 102 valence electrons. The van der Waals surface area contributed by atoms with E-state index < -0.39 is 0 Å². The van der Waals surface area contributed by atoms with Crippen molar-refractivity contribution in [1.29, 1.82) is 0 Å². The van der Waals surface area contributed by atoms with Gasteiger partial charge < -0.3 is 11.1 Å². The lowest BCUT2D eigenvalue weighted by Crippen LogP contribution is -2.17. The number of aryl methyl sites for hydroxylation is 1. The highest BCUT2D eigenvalue weighted by molar-refractivity contribution is 7.80. The summed E-state index contributed by atoms with van der Waals surface area (Å²) in [6.07, 6.45) is 3.17. The van der Waals surface area contributed by atoms with Crippen LogP contribution in [0.1, 0.15) is 21.5 Å². The van der Waals surface area contributed by atoms with Gasteiger partial charge in [0, 0.05) is 23.0 Å². The molecule has 0 spiro atoms. The lowest BCUT2D eigenvalue weighted by molar-refractivity contribution is 0.102. The summed E-state index contributed by atoms with van der Waals surface area (Å²) in [6, 6.07) is 6.69. The smallest absolute Gasteiger partial charge is 0.257 e. The van der Waals surface area contributed by atoms with E-state index in [1.807, 2.05) is 6.92 Å². The third-order valence-corrected chi connectivity index (χ3v) is 3.09. The van der Waals surface area contributed by atoms with Gasteiger partial charge >= 0.3 is 0 Å². The second-order valence-electron chi connectivity index (χ2n) is 4.26. The van der Waals surface area contributed by atoms with Crippen molar-refractivity contribution in [3.05, 3.63) is 58.4 Å². The van der Waals surface area contributed by atoms with Crippen molar-refractivity contribution in [2.45, 2.75) is 6.92 Å². The van der Waals surface area contributed by atoms with Crippen molar-refractivity contribution in [2.75, 3.05) is 5.32 Å². The molecule has 1 amide bonds. The molecular weight excluding hydrogens is 294 g/mol. The van der Waals surface area contributed by atoms with Gasteiger partial charge in [-0.1, -0.05) is 23.8 Å². The van der Waals surface area contributed by atoms with Gasteiger partial charge in [0.1, 0.15) is 4.99 Å². The lowest BCUT2D eigenvalue weighted by Gasteiger charge is -2.10. The number of carbonyl (C=O) groups excluding carboxylic acids is 1. The fourth-order valence-electron chi connectivity index (χ4n) is 1.71. The second-order valence-corrected chi connectivity index (χ2v) is 5.14. The zero-order chi connectivity index (χ0) is 14.7. The van der Waals surface area contributed by atoms with Crippen molar-refractivity contribution in [1.82, 2.24) is 4.98 Å². The summed E-state index contributed by atoms with van der Waals surface area (Å²) in [4.78, 5) is 16.4. The molecule has 2 aromatic rings. The van der Waals surface area contributed by atoms with Crippen LogP contribution >= 0.6 is 23.8 Å². The SMILES string of the molecule is Cc1cncc(C(=O)Nc2cc(Cl)ccc2C(N)=S)c1. The van der Waals surface area contributed by atoms with Crippen molar-refractivity contribution < 1.29 is 4.79 Å². The van der Waals surface area contributed by atoms with Crippen molar-refractivity contribution in [3.8, 4) is 0 Å². The number of thiocarbonyl (C=S) groups is 1. The van der Waals surface area contributed by atoms with Gasteiger partial charge in [-0.2, -0.15) is 0 Å². The molecule has 0 atom stereocenters. The zero-order valence-electron chi connectivity index (χ0n) is 10.7. The minimum absolute atomic E-state index is 0.194. The Morgan fingerprint density at radius 3 is 2.75 bits per heavy atom. The molecule has 3 N–H and O–H groups in total. The fraction of sp³-hybridized carbons (Fsp3) is 0.0714. The van der Waals surface area contributed by atoms with Gasteiger partial charge in [0.25, 0.3) is 5.91 Å². The molecular formula is C14H12ClN3OS. The number of nitrogens with two attached hydrogens (primary N) is 1. The standard InChI is InChI=1S/C14H12ClN3OS/c1-8-4-9(7-17-6-8)14(19)18-12-5-10(15)2-3-11(12)13(16)20/h2-7H,1H3,(H2,16,20)(H,18,19). The van der Waals surface area contributed by atoms with E-state index in [-0.39, 0.29) is 10.9 Å². The van der Waals surface area contributed by atoms with E-state index in [4.69, 9.17) is 29.6 Å². The van der Waals surface area contributed by atoms with Crippen LogP contribution in [0.5, 0.6) is 0 Å². The van der Waals surface area contributed by atoms with Crippen LogP contribution in [0.15, 0.2) is 36.7 Å². The summed E-state index contributed by atoms with van der Waals surface area (Å²) < 4.78 is 0. The number of halogens is 1. The number of hydrogen-bond acceptors (Lipinski definition) is 3. The highest BCUT2D eigenvalue weighted by Gasteiger charge is 2.11. The number of hydrogen-bond donors (Lipinski definition) is 2. The molecule has 0 bridgehead atoms. The van der Waals surface area contributed by atoms with E-state index in [0.29, 0.717) is 21.8 Å². The summed E-state index contributed by atoms with van der Waals surface area (Å²) in [6.45, 7) is 1.86. The van der Waals surface area contributed by atoms with Crippen molar-refractivity contribution >= 4 is 40.4 Å². The van der Waals surface area contributed by atoms with E-state index in [0.717, 1.165) is 5.56 Å². The van der Waals surface area contributed by atoms with Crippen LogP contribution in [-0.4, -0.2) is 15.9 Å². The quantitative estimate of drug-likeness (QED) is 0.856. The average Bonchev–Trinajstić information content (AvgIpc) is 2.38. The Bertz CT molecular complexity index is 688. The summed E-state index contributed by atoms with van der Waals surface area (Å²) in [5.74, 6) is -0.291. The number of rotatable bonds is 3. The third-order valence-electron chi connectivity index (χ3n) is 2.63. The van der Waals surface area contributed by atoms with Crippen molar-refractivity contribution in [3.63, 3.8) is 0 Å². The van der Waals surface area contributed by atoms with Crippen LogP contribution in [-0.2, 0) is 0 Å². The zero-order valence-corrected chi connectivity index (χ0v) is 12.3. The van der Waals surface area contributed by atoms with Gasteiger partial charge in [-0.3, -0.25) is 9.78 Å². The monoisotopic (exact) mass is 305 g/mol. The molecule has 2 rings (SSSR count). The number of aromatic nitrogens is 1. The Morgan fingerprint density at radius 1 is 1.35 bits per heavy atom. The van der Waals surface area contributed by atoms with E-state index in [1.165, 1.54) is 6.20 Å². The number of pyridine rings is 1. The van der Waals surface area contributed by atoms with Crippen LogP contribution in [0.2, 0.25) is 5.02 Å². The molecule has 0 radical (unpaired) electrons. The number of benzene rings is 1. The molecule has 0 fully saturated rings. The molecule has 1 aromatic heterocycles. The molecule has 0 unspecified atom stereocenters.